The monoisotopic (exact) mass is 300 g/mol. The molecule has 2 saturated carbocycles. The van der Waals surface area contributed by atoms with Gasteiger partial charge in [-0.05, 0) is 43.4 Å². The molecule has 0 bridgehead atoms. The van der Waals surface area contributed by atoms with Crippen molar-refractivity contribution in [1.82, 2.24) is 5.32 Å². The first-order chi connectivity index (χ1) is 10.7. The molecule has 3 nitrogen and oxygen atoms in total. The highest BCUT2D eigenvalue weighted by molar-refractivity contribution is 5.89. The van der Waals surface area contributed by atoms with E-state index in [0.717, 1.165) is 50.5 Å². The predicted octanol–water partition coefficient (Wildman–Crippen LogP) is 3.45. The van der Waals surface area contributed by atoms with Gasteiger partial charge in [-0.2, -0.15) is 5.26 Å². The molecule has 1 aromatic carbocycles. The minimum atomic E-state index is -0.523. The molecule has 1 N–H and O–H groups in total. The van der Waals surface area contributed by atoms with Crippen molar-refractivity contribution in [1.29, 1.82) is 5.26 Å². The number of rotatable bonds is 3. The first kappa shape index (κ1) is 15.0. The maximum atomic E-state index is 13.1. The van der Waals surface area contributed by atoms with Gasteiger partial charge < -0.3 is 5.32 Å². The zero-order chi connectivity index (χ0) is 15.6. The Morgan fingerprint density at radius 2 is 1.86 bits per heavy atom. The maximum Gasteiger partial charge on any atom is 0.230 e. The summed E-state index contributed by atoms with van der Waals surface area (Å²) in [4.78, 5) is 12.8. The zero-order valence-electron chi connectivity index (χ0n) is 12.6. The Bertz CT molecular complexity index is 586. The summed E-state index contributed by atoms with van der Waals surface area (Å²) in [7, 11) is 0. The maximum absolute atomic E-state index is 13.1. The minimum Gasteiger partial charge on any atom is -0.351 e. The Balaban J connectivity index is 1.77. The van der Waals surface area contributed by atoms with E-state index in [4.69, 9.17) is 0 Å². The van der Waals surface area contributed by atoms with Gasteiger partial charge in [0.25, 0.3) is 0 Å². The van der Waals surface area contributed by atoms with Gasteiger partial charge >= 0.3 is 0 Å². The van der Waals surface area contributed by atoms with Crippen molar-refractivity contribution in [3.8, 4) is 6.07 Å². The summed E-state index contributed by atoms with van der Waals surface area (Å²) in [6.07, 6.45) is 6.48. The fourth-order valence-electron chi connectivity index (χ4n) is 3.71. The van der Waals surface area contributed by atoms with Crippen molar-refractivity contribution in [3.05, 3.63) is 35.6 Å². The lowest BCUT2D eigenvalue weighted by Crippen LogP contribution is -2.54. The molecule has 2 aliphatic carbocycles. The molecule has 22 heavy (non-hydrogen) atoms. The predicted molar refractivity (Wildman–Crippen MR) is 81.4 cm³/mol. The summed E-state index contributed by atoms with van der Waals surface area (Å²) in [5, 5.41) is 12.4. The summed E-state index contributed by atoms with van der Waals surface area (Å²) in [5.41, 5.74) is 0.368. The van der Waals surface area contributed by atoms with Crippen LogP contribution in [0.25, 0.3) is 0 Å². The Morgan fingerprint density at radius 1 is 1.18 bits per heavy atom. The van der Waals surface area contributed by atoms with Crippen molar-refractivity contribution >= 4 is 5.91 Å². The number of hydrogen-bond donors (Lipinski definition) is 1. The summed E-state index contributed by atoms with van der Waals surface area (Å²) >= 11 is 0. The smallest absolute Gasteiger partial charge is 0.230 e. The molecule has 0 aliphatic heterocycles. The fraction of sp³-hybridized carbons (Fsp3) is 0.556. The SMILES string of the molecule is N#CC1CCCCC1NC(=O)C1(c2ccc(F)cc2)CCC1. The van der Waals surface area contributed by atoms with Crippen molar-refractivity contribution in [2.75, 3.05) is 0 Å². The third-order valence-electron chi connectivity index (χ3n) is 5.29. The van der Waals surface area contributed by atoms with Crippen molar-refractivity contribution in [2.24, 2.45) is 5.92 Å². The third-order valence-corrected chi connectivity index (χ3v) is 5.29. The van der Waals surface area contributed by atoms with Crippen LogP contribution in [0.1, 0.15) is 50.5 Å². The molecule has 0 saturated heterocycles. The van der Waals surface area contributed by atoms with Crippen LogP contribution in [0.15, 0.2) is 24.3 Å². The van der Waals surface area contributed by atoms with Gasteiger partial charge in [0.05, 0.1) is 17.4 Å². The number of hydrogen-bond acceptors (Lipinski definition) is 2. The second-order valence-corrected chi connectivity index (χ2v) is 6.54. The Hall–Kier alpha value is -1.89. The molecule has 3 rings (SSSR count). The standard InChI is InChI=1S/C18H21FN2O/c19-15-8-6-14(7-9-15)18(10-3-11-18)17(22)21-16-5-2-1-4-13(16)12-20/h6-9,13,16H,1-5,10-11H2,(H,21,22). The van der Waals surface area contributed by atoms with E-state index in [1.165, 1.54) is 12.1 Å². The van der Waals surface area contributed by atoms with Crippen LogP contribution in [0.2, 0.25) is 0 Å². The molecule has 0 spiro atoms. The lowest BCUT2D eigenvalue weighted by atomic mass is 9.63. The fourth-order valence-corrected chi connectivity index (χ4v) is 3.71. The van der Waals surface area contributed by atoms with Crippen molar-refractivity contribution < 1.29 is 9.18 Å². The second kappa shape index (κ2) is 6.08. The number of nitriles is 1. The highest BCUT2D eigenvalue weighted by Gasteiger charge is 2.46. The quantitative estimate of drug-likeness (QED) is 0.929. The number of amides is 1. The molecule has 0 heterocycles. The van der Waals surface area contributed by atoms with Gasteiger partial charge in [-0.15, -0.1) is 0 Å². The van der Waals surface area contributed by atoms with Crippen LogP contribution < -0.4 is 5.32 Å². The molecule has 2 aliphatic rings. The highest BCUT2D eigenvalue weighted by Crippen LogP contribution is 2.44. The van der Waals surface area contributed by atoms with E-state index in [2.05, 4.69) is 11.4 Å². The van der Waals surface area contributed by atoms with Crippen LogP contribution in [0.4, 0.5) is 4.39 Å². The first-order valence-electron chi connectivity index (χ1n) is 8.12. The van der Waals surface area contributed by atoms with Crippen LogP contribution in [-0.2, 0) is 10.2 Å². The average Bonchev–Trinajstić information content (AvgIpc) is 2.48. The molecular formula is C18H21FN2O. The Kier molecular flexibility index (Phi) is 4.15. The van der Waals surface area contributed by atoms with Gasteiger partial charge in [0, 0.05) is 6.04 Å². The third kappa shape index (κ3) is 2.61. The summed E-state index contributed by atoms with van der Waals surface area (Å²) in [6, 6.07) is 8.57. The molecular weight excluding hydrogens is 279 g/mol. The summed E-state index contributed by atoms with van der Waals surface area (Å²) < 4.78 is 13.1. The van der Waals surface area contributed by atoms with Crippen LogP contribution in [0.3, 0.4) is 0 Å². The normalized spacial score (nSPS) is 26.5. The molecule has 2 atom stereocenters. The minimum absolute atomic E-state index is 0.0116. The second-order valence-electron chi connectivity index (χ2n) is 6.54. The lowest BCUT2D eigenvalue weighted by Gasteiger charge is -2.42. The molecule has 4 heteroatoms. The highest BCUT2D eigenvalue weighted by atomic mass is 19.1. The van der Waals surface area contributed by atoms with E-state index >= 15 is 0 Å². The van der Waals surface area contributed by atoms with Gasteiger partial charge in [-0.3, -0.25) is 4.79 Å². The van der Waals surface area contributed by atoms with E-state index in [1.807, 2.05) is 0 Å². The number of nitrogens with zero attached hydrogens (tertiary/aromatic N) is 1. The van der Waals surface area contributed by atoms with Crippen LogP contribution in [0, 0.1) is 23.1 Å². The number of benzene rings is 1. The van der Waals surface area contributed by atoms with Crippen molar-refractivity contribution in [3.63, 3.8) is 0 Å². The van der Waals surface area contributed by atoms with E-state index in [9.17, 15) is 14.4 Å². The molecule has 2 fully saturated rings. The molecule has 0 aromatic heterocycles. The molecule has 0 radical (unpaired) electrons. The van der Waals surface area contributed by atoms with Gasteiger partial charge in [0.15, 0.2) is 0 Å². The van der Waals surface area contributed by atoms with Gasteiger partial charge in [0.2, 0.25) is 5.91 Å². The molecule has 1 aromatic rings. The average molecular weight is 300 g/mol. The number of halogens is 1. The van der Waals surface area contributed by atoms with Crippen molar-refractivity contribution in [2.45, 2.75) is 56.4 Å². The van der Waals surface area contributed by atoms with Crippen LogP contribution >= 0.6 is 0 Å². The lowest BCUT2D eigenvalue weighted by molar-refractivity contribution is -0.131. The van der Waals surface area contributed by atoms with E-state index in [0.29, 0.717) is 0 Å². The molecule has 1 amide bonds. The van der Waals surface area contributed by atoms with E-state index in [1.54, 1.807) is 12.1 Å². The topological polar surface area (TPSA) is 52.9 Å². The van der Waals surface area contributed by atoms with E-state index in [-0.39, 0.29) is 23.7 Å². The first-order valence-corrected chi connectivity index (χ1v) is 8.12. The number of nitrogens with one attached hydrogen (secondary N) is 1. The summed E-state index contributed by atoms with van der Waals surface area (Å²) in [5.74, 6) is -0.351. The zero-order valence-corrected chi connectivity index (χ0v) is 12.6. The van der Waals surface area contributed by atoms with Crippen LogP contribution in [0.5, 0.6) is 0 Å². The Morgan fingerprint density at radius 3 is 2.45 bits per heavy atom. The summed E-state index contributed by atoms with van der Waals surface area (Å²) in [6.45, 7) is 0. The largest absolute Gasteiger partial charge is 0.351 e. The van der Waals surface area contributed by atoms with E-state index < -0.39 is 5.41 Å². The van der Waals surface area contributed by atoms with Gasteiger partial charge in [0.1, 0.15) is 5.82 Å². The number of carbonyl (C=O) groups excluding carboxylic acids is 1. The van der Waals surface area contributed by atoms with Gasteiger partial charge in [-0.25, -0.2) is 4.39 Å². The Labute approximate surface area is 130 Å². The molecule has 116 valence electrons. The van der Waals surface area contributed by atoms with Gasteiger partial charge in [-0.1, -0.05) is 31.4 Å². The van der Waals surface area contributed by atoms with Crippen LogP contribution in [-0.4, -0.2) is 11.9 Å². The number of carbonyl (C=O) groups is 1. The molecule has 2 unspecified atom stereocenters.